The van der Waals surface area contributed by atoms with Gasteiger partial charge in [-0.05, 0) is 0 Å². The first-order valence-corrected chi connectivity index (χ1v) is 5.55. The molecule has 0 saturated carbocycles. The second-order valence-corrected chi connectivity index (χ2v) is 4.56. The van der Waals surface area contributed by atoms with Crippen molar-refractivity contribution in [2.75, 3.05) is 10.3 Å². The Bertz CT molecular complexity index is 397. The fraction of sp³-hybridized carbons (Fsp3) is 0.250. The van der Waals surface area contributed by atoms with Crippen molar-refractivity contribution in [2.45, 2.75) is 5.16 Å². The van der Waals surface area contributed by atoms with Crippen LogP contribution in [0.15, 0.2) is 17.6 Å². The lowest BCUT2D eigenvalue weighted by Gasteiger charge is -2.14. The van der Waals surface area contributed by atoms with Gasteiger partial charge in [0.25, 0.3) is 0 Å². The van der Waals surface area contributed by atoms with E-state index in [-0.39, 0.29) is 0 Å². The highest BCUT2D eigenvalue weighted by molar-refractivity contribution is 8.01. The maximum atomic E-state index is 10.9. The van der Waals surface area contributed by atoms with Crippen LogP contribution >= 0.6 is 11.8 Å². The van der Waals surface area contributed by atoms with Gasteiger partial charge in [0, 0.05) is 12.4 Å². The molecule has 0 atom stereocenters. The topological polar surface area (TPSA) is 81.2 Å². The molecule has 0 aliphatic carbocycles. The number of nitrogens with zero attached hydrogens (tertiary/aromatic N) is 3. The molecule has 0 bridgehead atoms. The van der Waals surface area contributed by atoms with Crippen LogP contribution in [0.1, 0.15) is 0 Å². The average Bonchev–Trinajstić information content (AvgIpc) is 2.37. The van der Waals surface area contributed by atoms with E-state index in [9.17, 15) is 8.42 Å². The van der Waals surface area contributed by atoms with Crippen LogP contribution in [0.25, 0.3) is 0 Å². The summed E-state index contributed by atoms with van der Waals surface area (Å²) in [6, 6.07) is 0. The van der Waals surface area contributed by atoms with E-state index in [2.05, 4.69) is 4.98 Å². The number of rotatable bonds is 1. The van der Waals surface area contributed by atoms with Crippen LogP contribution in [0.2, 0.25) is 0 Å². The summed E-state index contributed by atoms with van der Waals surface area (Å²) in [6.07, 6.45) is 3.08. The summed E-state index contributed by atoms with van der Waals surface area (Å²) in [4.78, 5) is 3.92. The molecule has 0 aromatic carbocycles. The smallest absolute Gasteiger partial charge is 0.230 e. The molecule has 6 nitrogen and oxygen atoms in total. The Kier molecular flexibility index (Phi) is 1.56. The van der Waals surface area contributed by atoms with Gasteiger partial charge in [-0.2, -0.15) is 12.8 Å². The van der Waals surface area contributed by atoms with Crippen molar-refractivity contribution in [3.63, 3.8) is 0 Å². The maximum absolute atomic E-state index is 10.9. The number of aromatic nitrogens is 2. The summed E-state index contributed by atoms with van der Waals surface area (Å²) < 4.78 is 24.3. The molecule has 2 rings (SSSR count). The van der Waals surface area contributed by atoms with Crippen molar-refractivity contribution >= 4 is 22.0 Å². The molecule has 8 heteroatoms. The van der Waals surface area contributed by atoms with Crippen LogP contribution in [0, 0.1) is 0 Å². The van der Waals surface area contributed by atoms with Gasteiger partial charge in [-0.1, -0.05) is 11.8 Å². The van der Waals surface area contributed by atoms with Crippen molar-refractivity contribution in [3.8, 4) is 0 Å². The van der Waals surface area contributed by atoms with Crippen molar-refractivity contribution in [2.24, 2.45) is 5.14 Å². The summed E-state index contributed by atoms with van der Waals surface area (Å²) in [6.45, 7) is 0. The average molecular weight is 206 g/mol. The van der Waals surface area contributed by atoms with Gasteiger partial charge in [0.05, 0.1) is 0 Å². The lowest BCUT2D eigenvalue weighted by Crippen LogP contribution is -2.41. The van der Waals surface area contributed by atoms with Gasteiger partial charge >= 0.3 is 10.2 Å². The van der Waals surface area contributed by atoms with Gasteiger partial charge in [0.2, 0.25) is 0 Å². The monoisotopic (exact) mass is 206 g/mol. The number of hydrogen-bond acceptors (Lipinski definition) is 4. The Morgan fingerprint density at radius 3 is 3.08 bits per heavy atom. The molecule has 0 saturated heterocycles. The molecule has 1 aromatic rings. The van der Waals surface area contributed by atoms with Crippen molar-refractivity contribution in [1.29, 1.82) is 0 Å². The third-order valence-corrected chi connectivity index (χ3v) is 3.41. The first-order chi connectivity index (χ1) is 5.59. The quantitative estimate of drug-likeness (QED) is 0.645. The zero-order valence-corrected chi connectivity index (χ0v) is 7.55. The third-order valence-electron chi connectivity index (χ3n) is 1.43. The minimum Gasteiger partial charge on any atom is -0.230 e. The van der Waals surface area contributed by atoms with Gasteiger partial charge in [-0.25, -0.2) is 14.8 Å². The van der Waals surface area contributed by atoms with E-state index in [0.29, 0.717) is 11.0 Å². The van der Waals surface area contributed by atoms with E-state index in [0.717, 1.165) is 4.41 Å². The predicted molar refractivity (Wildman–Crippen MR) is 44.3 cm³/mol. The Morgan fingerprint density at radius 2 is 2.42 bits per heavy atom. The number of thioether (sulfide) groups is 1. The zero-order valence-electron chi connectivity index (χ0n) is 5.91. The highest BCUT2D eigenvalue weighted by Gasteiger charge is 2.26. The highest BCUT2D eigenvalue weighted by atomic mass is 32.2. The van der Waals surface area contributed by atoms with Crippen molar-refractivity contribution in [1.82, 2.24) is 9.66 Å². The third kappa shape index (κ3) is 1.08. The first kappa shape index (κ1) is 7.90. The number of hydrogen-bond donors (Lipinski definition) is 1. The number of nitrogens with two attached hydrogens (primary N) is 1. The lowest BCUT2D eigenvalue weighted by atomic mass is 11.0. The predicted octanol–water partition coefficient (Wildman–Crippen LogP) is -0.912. The van der Waals surface area contributed by atoms with Crippen LogP contribution in [0.3, 0.4) is 0 Å². The molecule has 0 radical (unpaired) electrons. The fourth-order valence-corrected chi connectivity index (χ4v) is 2.88. The van der Waals surface area contributed by atoms with Gasteiger partial charge in [-0.3, -0.25) is 0 Å². The highest BCUT2D eigenvalue weighted by Crippen LogP contribution is 2.24. The van der Waals surface area contributed by atoms with E-state index >= 15 is 0 Å². The maximum Gasteiger partial charge on any atom is 0.313 e. The second-order valence-electron chi connectivity index (χ2n) is 2.19. The minimum absolute atomic E-state index is 0.294. The first-order valence-electron chi connectivity index (χ1n) is 3.06. The largest absolute Gasteiger partial charge is 0.313 e. The molecule has 12 heavy (non-hydrogen) atoms. The van der Waals surface area contributed by atoms with E-state index in [4.69, 9.17) is 5.14 Å². The SMILES string of the molecule is NS(=O)(=O)N1CSc2nccn21. The summed E-state index contributed by atoms with van der Waals surface area (Å²) in [5.74, 6) is 0.294. The summed E-state index contributed by atoms with van der Waals surface area (Å²) in [5, 5.41) is 5.59. The number of fused-ring (bicyclic) bond motifs is 1. The molecular formula is C4H6N4O2S2. The second kappa shape index (κ2) is 2.38. The minimum atomic E-state index is -3.65. The standard InChI is InChI=1S/C4H6N4O2S2/c5-12(9,10)8-3-11-4-6-1-2-7(4)8/h1-2H,3H2,(H2,5,9,10). The van der Waals surface area contributed by atoms with E-state index in [1.165, 1.54) is 22.6 Å². The number of imidazole rings is 1. The van der Waals surface area contributed by atoms with Crippen LogP contribution in [0.5, 0.6) is 0 Å². The summed E-state index contributed by atoms with van der Waals surface area (Å²) in [5.41, 5.74) is 0. The van der Waals surface area contributed by atoms with E-state index in [1.54, 1.807) is 6.20 Å². The van der Waals surface area contributed by atoms with Crippen molar-refractivity contribution < 1.29 is 8.42 Å². The van der Waals surface area contributed by atoms with Crippen LogP contribution < -0.4 is 9.55 Å². The van der Waals surface area contributed by atoms with Crippen LogP contribution in [-0.2, 0) is 10.2 Å². The molecule has 2 heterocycles. The van der Waals surface area contributed by atoms with Crippen LogP contribution in [0.4, 0.5) is 0 Å². The van der Waals surface area contributed by atoms with Gasteiger partial charge in [0.1, 0.15) is 5.88 Å². The zero-order chi connectivity index (χ0) is 8.77. The molecule has 1 aliphatic heterocycles. The Hall–Kier alpha value is -0.730. The molecule has 0 spiro atoms. The molecule has 66 valence electrons. The molecule has 1 aromatic heterocycles. The molecule has 0 unspecified atom stereocenters. The lowest BCUT2D eigenvalue weighted by molar-refractivity contribution is 0.575. The molecule has 1 aliphatic rings. The summed E-state index contributed by atoms with van der Waals surface area (Å²) in [7, 11) is -3.65. The van der Waals surface area contributed by atoms with E-state index in [1.807, 2.05) is 0 Å². The Balaban J connectivity index is 2.48. The molecule has 0 amide bonds. The van der Waals surface area contributed by atoms with Gasteiger partial charge in [-0.15, -0.1) is 0 Å². The molecular weight excluding hydrogens is 200 g/mol. The normalized spacial score (nSPS) is 16.6. The molecule has 0 fully saturated rings. The Labute approximate surface area is 73.5 Å². The van der Waals surface area contributed by atoms with E-state index < -0.39 is 10.2 Å². The summed E-state index contributed by atoms with van der Waals surface area (Å²) >= 11 is 1.33. The van der Waals surface area contributed by atoms with Crippen LogP contribution in [-0.4, -0.2) is 24.0 Å². The van der Waals surface area contributed by atoms with Gasteiger partial charge in [0.15, 0.2) is 5.16 Å². The van der Waals surface area contributed by atoms with Gasteiger partial charge < -0.3 is 0 Å². The fourth-order valence-electron chi connectivity index (χ4n) is 0.928. The molecule has 2 N–H and O–H groups in total. The Morgan fingerprint density at radius 1 is 1.67 bits per heavy atom. The van der Waals surface area contributed by atoms with Crippen molar-refractivity contribution in [3.05, 3.63) is 12.4 Å².